The first kappa shape index (κ1) is 12.6. The summed E-state index contributed by atoms with van der Waals surface area (Å²) >= 11 is 0. The Morgan fingerprint density at radius 2 is 1.95 bits per heavy atom. The number of pyridine rings is 1. The molecule has 2 aromatic rings. The molecule has 0 atom stereocenters. The van der Waals surface area contributed by atoms with Crippen molar-refractivity contribution in [3.8, 4) is 0 Å². The van der Waals surface area contributed by atoms with Crippen LogP contribution in [0.2, 0.25) is 0 Å². The molecular weight excluding hydrogens is 236 g/mol. The highest BCUT2D eigenvalue weighted by atomic mass is 16.3. The first-order chi connectivity index (χ1) is 9.07. The molecule has 0 spiro atoms. The molecule has 1 aliphatic rings. The SMILES string of the molecule is Cc1ccc2cc(C3(O)CCC(N)CC3)ccc2n1. The van der Waals surface area contributed by atoms with Gasteiger partial charge in [-0.3, -0.25) is 4.98 Å². The van der Waals surface area contributed by atoms with Crippen molar-refractivity contribution in [2.75, 3.05) is 0 Å². The van der Waals surface area contributed by atoms with Crippen LogP contribution in [0.15, 0.2) is 30.3 Å². The van der Waals surface area contributed by atoms with Crippen LogP contribution in [0.4, 0.5) is 0 Å². The molecule has 0 saturated heterocycles. The van der Waals surface area contributed by atoms with Crippen molar-refractivity contribution in [2.45, 2.75) is 44.2 Å². The maximum Gasteiger partial charge on any atom is 0.0898 e. The van der Waals surface area contributed by atoms with Crippen LogP contribution in [-0.2, 0) is 5.60 Å². The normalized spacial score (nSPS) is 27.6. The minimum Gasteiger partial charge on any atom is -0.385 e. The molecule has 19 heavy (non-hydrogen) atoms. The van der Waals surface area contributed by atoms with Crippen LogP contribution in [0.1, 0.15) is 36.9 Å². The number of aromatic nitrogens is 1. The molecule has 100 valence electrons. The molecule has 1 saturated carbocycles. The number of hydrogen-bond donors (Lipinski definition) is 2. The zero-order chi connectivity index (χ0) is 13.5. The number of benzene rings is 1. The lowest BCUT2D eigenvalue weighted by Gasteiger charge is -2.35. The Hall–Kier alpha value is -1.45. The molecule has 1 heterocycles. The summed E-state index contributed by atoms with van der Waals surface area (Å²) in [5, 5.41) is 11.9. The molecule has 0 bridgehead atoms. The number of aliphatic hydroxyl groups is 1. The van der Waals surface area contributed by atoms with E-state index in [0.717, 1.165) is 47.8 Å². The summed E-state index contributed by atoms with van der Waals surface area (Å²) in [6, 6.07) is 10.4. The fourth-order valence-electron chi connectivity index (χ4n) is 2.92. The lowest BCUT2D eigenvalue weighted by molar-refractivity contribution is -0.00484. The topological polar surface area (TPSA) is 59.1 Å². The number of nitrogens with zero attached hydrogens (tertiary/aromatic N) is 1. The average Bonchev–Trinajstić information content (AvgIpc) is 2.42. The molecule has 1 aliphatic carbocycles. The Labute approximate surface area is 113 Å². The summed E-state index contributed by atoms with van der Waals surface area (Å²) in [5.41, 5.74) is 8.21. The predicted molar refractivity (Wildman–Crippen MR) is 76.8 cm³/mol. The van der Waals surface area contributed by atoms with Crippen molar-refractivity contribution >= 4 is 10.9 Å². The van der Waals surface area contributed by atoms with Gasteiger partial charge in [0.25, 0.3) is 0 Å². The van der Waals surface area contributed by atoms with E-state index in [-0.39, 0.29) is 6.04 Å². The van der Waals surface area contributed by atoms with Gasteiger partial charge in [0.1, 0.15) is 0 Å². The van der Waals surface area contributed by atoms with E-state index >= 15 is 0 Å². The van der Waals surface area contributed by atoms with Crippen molar-refractivity contribution in [2.24, 2.45) is 5.73 Å². The van der Waals surface area contributed by atoms with Gasteiger partial charge < -0.3 is 10.8 Å². The van der Waals surface area contributed by atoms with Crippen molar-refractivity contribution < 1.29 is 5.11 Å². The molecule has 1 fully saturated rings. The van der Waals surface area contributed by atoms with E-state index in [1.165, 1.54) is 0 Å². The molecule has 3 nitrogen and oxygen atoms in total. The van der Waals surface area contributed by atoms with Crippen molar-refractivity contribution in [3.05, 3.63) is 41.6 Å². The minimum atomic E-state index is -0.713. The summed E-state index contributed by atoms with van der Waals surface area (Å²) in [5.74, 6) is 0. The Morgan fingerprint density at radius 3 is 2.68 bits per heavy atom. The molecule has 0 radical (unpaired) electrons. The van der Waals surface area contributed by atoms with Gasteiger partial charge in [0.05, 0.1) is 11.1 Å². The zero-order valence-electron chi connectivity index (χ0n) is 11.3. The van der Waals surface area contributed by atoms with Crippen molar-refractivity contribution in [1.82, 2.24) is 4.98 Å². The summed E-state index contributed by atoms with van der Waals surface area (Å²) < 4.78 is 0. The highest BCUT2D eigenvalue weighted by molar-refractivity contribution is 5.79. The molecule has 1 aromatic heterocycles. The monoisotopic (exact) mass is 256 g/mol. The summed E-state index contributed by atoms with van der Waals surface area (Å²) in [4.78, 5) is 4.50. The number of nitrogens with two attached hydrogens (primary N) is 1. The van der Waals surface area contributed by atoms with Gasteiger partial charge in [-0.05, 0) is 56.4 Å². The Bertz CT molecular complexity index is 601. The van der Waals surface area contributed by atoms with Crippen molar-refractivity contribution in [1.29, 1.82) is 0 Å². The van der Waals surface area contributed by atoms with Crippen molar-refractivity contribution in [3.63, 3.8) is 0 Å². The van der Waals surface area contributed by atoms with Crippen LogP contribution >= 0.6 is 0 Å². The third-order valence-electron chi connectivity index (χ3n) is 4.22. The summed E-state index contributed by atoms with van der Waals surface area (Å²) in [7, 11) is 0. The molecule has 3 heteroatoms. The number of fused-ring (bicyclic) bond motifs is 1. The lowest BCUT2D eigenvalue weighted by Crippen LogP contribution is -2.36. The molecular formula is C16H20N2O. The molecule has 3 N–H and O–H groups in total. The maximum absolute atomic E-state index is 10.8. The quantitative estimate of drug-likeness (QED) is 0.824. The Balaban J connectivity index is 1.99. The highest BCUT2D eigenvalue weighted by Crippen LogP contribution is 2.37. The van der Waals surface area contributed by atoms with Gasteiger partial charge in [-0.1, -0.05) is 12.1 Å². The summed E-state index contributed by atoms with van der Waals surface area (Å²) in [6.07, 6.45) is 3.28. The zero-order valence-corrected chi connectivity index (χ0v) is 11.3. The van der Waals surface area contributed by atoms with E-state index in [1.807, 2.05) is 25.1 Å². The van der Waals surface area contributed by atoms with E-state index in [4.69, 9.17) is 5.73 Å². The maximum atomic E-state index is 10.8. The lowest BCUT2D eigenvalue weighted by atomic mass is 9.78. The van der Waals surface area contributed by atoms with Crippen LogP contribution < -0.4 is 5.73 Å². The van der Waals surface area contributed by atoms with E-state index < -0.39 is 5.60 Å². The fourth-order valence-corrected chi connectivity index (χ4v) is 2.92. The van der Waals surface area contributed by atoms with E-state index in [9.17, 15) is 5.11 Å². The number of rotatable bonds is 1. The van der Waals surface area contributed by atoms with Crippen LogP contribution in [0, 0.1) is 6.92 Å². The second-order valence-electron chi connectivity index (χ2n) is 5.73. The molecule has 3 rings (SSSR count). The van der Waals surface area contributed by atoms with E-state index in [0.29, 0.717) is 0 Å². The smallest absolute Gasteiger partial charge is 0.0898 e. The molecule has 0 aliphatic heterocycles. The van der Waals surface area contributed by atoms with Gasteiger partial charge >= 0.3 is 0 Å². The van der Waals surface area contributed by atoms with Gasteiger partial charge in [-0.15, -0.1) is 0 Å². The van der Waals surface area contributed by atoms with Gasteiger partial charge in [-0.25, -0.2) is 0 Å². The Kier molecular flexibility index (Phi) is 3.03. The van der Waals surface area contributed by atoms with E-state index in [2.05, 4.69) is 17.1 Å². The second kappa shape index (κ2) is 4.58. The standard InChI is InChI=1S/C16H20N2O/c1-11-2-3-12-10-13(4-5-15(12)18-11)16(19)8-6-14(17)7-9-16/h2-5,10,14,19H,6-9,17H2,1H3. The number of hydrogen-bond acceptors (Lipinski definition) is 3. The van der Waals surface area contributed by atoms with Gasteiger partial charge in [-0.2, -0.15) is 0 Å². The van der Waals surface area contributed by atoms with Crippen LogP contribution in [0.5, 0.6) is 0 Å². The molecule has 1 aromatic carbocycles. The second-order valence-corrected chi connectivity index (χ2v) is 5.73. The largest absolute Gasteiger partial charge is 0.385 e. The number of aryl methyl sites for hydroxylation is 1. The average molecular weight is 256 g/mol. The Morgan fingerprint density at radius 1 is 1.21 bits per heavy atom. The van der Waals surface area contributed by atoms with Crippen LogP contribution in [0.25, 0.3) is 10.9 Å². The third kappa shape index (κ3) is 2.36. The first-order valence-electron chi connectivity index (χ1n) is 6.93. The molecule has 0 amide bonds. The third-order valence-corrected chi connectivity index (χ3v) is 4.22. The minimum absolute atomic E-state index is 0.241. The predicted octanol–water partition coefficient (Wildman–Crippen LogP) is 2.63. The molecule has 0 unspecified atom stereocenters. The summed E-state index contributed by atoms with van der Waals surface area (Å²) in [6.45, 7) is 1.99. The van der Waals surface area contributed by atoms with E-state index in [1.54, 1.807) is 0 Å². The van der Waals surface area contributed by atoms with Crippen LogP contribution in [0.3, 0.4) is 0 Å². The van der Waals surface area contributed by atoms with Gasteiger partial charge in [0.15, 0.2) is 0 Å². The van der Waals surface area contributed by atoms with Gasteiger partial charge in [0.2, 0.25) is 0 Å². The van der Waals surface area contributed by atoms with Crippen LogP contribution in [-0.4, -0.2) is 16.1 Å². The fraction of sp³-hybridized carbons (Fsp3) is 0.438. The van der Waals surface area contributed by atoms with Gasteiger partial charge in [0, 0.05) is 17.1 Å². The first-order valence-corrected chi connectivity index (χ1v) is 6.93. The highest BCUT2D eigenvalue weighted by Gasteiger charge is 2.33.